The molecule has 2 atom stereocenters. The SMILES string of the molecule is COCCNCc1ncc(C2CCCC(C(F)(F)F)C2)o1. The summed E-state index contributed by atoms with van der Waals surface area (Å²) in [5.74, 6) is -0.307. The van der Waals surface area contributed by atoms with Gasteiger partial charge in [-0.15, -0.1) is 0 Å². The van der Waals surface area contributed by atoms with E-state index in [1.54, 1.807) is 13.3 Å². The van der Waals surface area contributed by atoms with Gasteiger partial charge < -0.3 is 14.5 Å². The summed E-state index contributed by atoms with van der Waals surface area (Å²) in [7, 11) is 1.62. The lowest BCUT2D eigenvalue weighted by Crippen LogP contribution is -2.27. The topological polar surface area (TPSA) is 47.3 Å². The summed E-state index contributed by atoms with van der Waals surface area (Å²) in [6.07, 6.45) is -0.899. The summed E-state index contributed by atoms with van der Waals surface area (Å²) in [5, 5.41) is 3.09. The average molecular weight is 306 g/mol. The highest BCUT2D eigenvalue weighted by molar-refractivity contribution is 5.04. The Morgan fingerprint density at radius 2 is 2.24 bits per heavy atom. The zero-order valence-electron chi connectivity index (χ0n) is 12.1. The van der Waals surface area contributed by atoms with Crippen molar-refractivity contribution in [2.75, 3.05) is 20.3 Å². The summed E-state index contributed by atoms with van der Waals surface area (Å²) in [6.45, 7) is 1.72. The molecule has 1 fully saturated rings. The zero-order valence-corrected chi connectivity index (χ0v) is 12.1. The van der Waals surface area contributed by atoms with Crippen LogP contribution in [0, 0.1) is 5.92 Å². The number of hydrogen-bond donors (Lipinski definition) is 1. The molecule has 21 heavy (non-hydrogen) atoms. The van der Waals surface area contributed by atoms with Crippen molar-refractivity contribution in [3.05, 3.63) is 17.8 Å². The third kappa shape index (κ3) is 4.71. The fraction of sp³-hybridized carbons (Fsp3) is 0.786. The second kappa shape index (κ2) is 7.26. The normalized spacial score (nSPS) is 23.4. The fourth-order valence-electron chi connectivity index (χ4n) is 2.71. The first-order chi connectivity index (χ1) is 10.0. The molecule has 0 radical (unpaired) electrons. The van der Waals surface area contributed by atoms with Crippen LogP contribution in [-0.2, 0) is 11.3 Å². The number of oxazole rings is 1. The second-order valence-electron chi connectivity index (χ2n) is 5.43. The van der Waals surface area contributed by atoms with Crippen LogP contribution >= 0.6 is 0 Å². The van der Waals surface area contributed by atoms with E-state index < -0.39 is 12.1 Å². The Morgan fingerprint density at radius 1 is 1.43 bits per heavy atom. The predicted octanol–water partition coefficient (Wildman–Crippen LogP) is 3.25. The van der Waals surface area contributed by atoms with E-state index in [0.717, 1.165) is 6.42 Å². The smallest absolute Gasteiger partial charge is 0.391 e. The molecule has 1 saturated carbocycles. The lowest BCUT2D eigenvalue weighted by molar-refractivity contribution is -0.183. The molecule has 0 spiro atoms. The van der Waals surface area contributed by atoms with Gasteiger partial charge in [0, 0.05) is 19.6 Å². The minimum atomic E-state index is -4.11. The molecule has 0 saturated heterocycles. The average Bonchev–Trinajstić information content (AvgIpc) is 2.92. The first-order valence-corrected chi connectivity index (χ1v) is 7.21. The van der Waals surface area contributed by atoms with Gasteiger partial charge in [0.05, 0.1) is 25.3 Å². The van der Waals surface area contributed by atoms with Crippen LogP contribution in [0.3, 0.4) is 0 Å². The van der Waals surface area contributed by atoms with E-state index in [9.17, 15) is 13.2 Å². The third-order valence-electron chi connectivity index (χ3n) is 3.87. The van der Waals surface area contributed by atoms with Crippen LogP contribution in [0.15, 0.2) is 10.6 Å². The van der Waals surface area contributed by atoms with Crippen LogP contribution in [0.25, 0.3) is 0 Å². The molecule has 120 valence electrons. The van der Waals surface area contributed by atoms with Crippen LogP contribution < -0.4 is 5.32 Å². The van der Waals surface area contributed by atoms with E-state index in [4.69, 9.17) is 9.15 Å². The van der Waals surface area contributed by atoms with Gasteiger partial charge in [0.15, 0.2) is 0 Å². The monoisotopic (exact) mass is 306 g/mol. The molecule has 4 nitrogen and oxygen atoms in total. The van der Waals surface area contributed by atoms with E-state index in [-0.39, 0.29) is 18.8 Å². The van der Waals surface area contributed by atoms with Crippen LogP contribution in [0.2, 0.25) is 0 Å². The molecule has 1 heterocycles. The summed E-state index contributed by atoms with van der Waals surface area (Å²) >= 11 is 0. The summed E-state index contributed by atoms with van der Waals surface area (Å²) in [6, 6.07) is 0. The fourth-order valence-corrected chi connectivity index (χ4v) is 2.71. The number of ether oxygens (including phenoxy) is 1. The Bertz CT molecular complexity index is 434. The van der Waals surface area contributed by atoms with Gasteiger partial charge in [-0.2, -0.15) is 13.2 Å². The zero-order chi connectivity index (χ0) is 15.3. The van der Waals surface area contributed by atoms with Crippen molar-refractivity contribution in [3.63, 3.8) is 0 Å². The molecule has 2 rings (SSSR count). The van der Waals surface area contributed by atoms with Crippen LogP contribution in [0.4, 0.5) is 13.2 Å². The number of methoxy groups -OCH3 is 1. The van der Waals surface area contributed by atoms with Crippen molar-refractivity contribution in [3.8, 4) is 0 Å². The minimum Gasteiger partial charge on any atom is -0.444 e. The van der Waals surface area contributed by atoms with E-state index in [0.29, 0.717) is 37.8 Å². The van der Waals surface area contributed by atoms with Crippen LogP contribution in [0.5, 0.6) is 0 Å². The molecule has 0 amide bonds. The Balaban J connectivity index is 1.88. The molecule has 1 aromatic rings. The lowest BCUT2D eigenvalue weighted by Gasteiger charge is -2.29. The highest BCUT2D eigenvalue weighted by atomic mass is 19.4. The Hall–Kier alpha value is -1.08. The maximum Gasteiger partial charge on any atom is 0.391 e. The first-order valence-electron chi connectivity index (χ1n) is 7.21. The number of alkyl halides is 3. The standard InChI is InChI=1S/C14H21F3N2O2/c1-20-6-5-18-9-13-19-8-12(21-13)10-3-2-4-11(7-10)14(15,16)17/h8,10-11,18H,2-7,9H2,1H3. The second-order valence-corrected chi connectivity index (χ2v) is 5.43. The largest absolute Gasteiger partial charge is 0.444 e. The molecule has 0 bridgehead atoms. The lowest BCUT2D eigenvalue weighted by atomic mass is 9.80. The van der Waals surface area contributed by atoms with Crippen molar-refractivity contribution in [2.24, 2.45) is 5.92 Å². The number of aromatic nitrogens is 1. The number of nitrogens with zero attached hydrogens (tertiary/aromatic N) is 1. The third-order valence-corrected chi connectivity index (χ3v) is 3.87. The molecule has 0 aromatic carbocycles. The molecule has 1 N–H and O–H groups in total. The minimum absolute atomic E-state index is 0.106. The molecule has 1 aliphatic rings. The van der Waals surface area contributed by atoms with Gasteiger partial charge in [-0.3, -0.25) is 0 Å². The molecule has 1 aliphatic carbocycles. The molecular formula is C14H21F3N2O2. The quantitative estimate of drug-likeness (QED) is 0.820. The molecular weight excluding hydrogens is 285 g/mol. The highest BCUT2D eigenvalue weighted by Gasteiger charge is 2.43. The summed E-state index contributed by atoms with van der Waals surface area (Å²) in [5.41, 5.74) is 0. The van der Waals surface area contributed by atoms with Crippen molar-refractivity contribution in [1.82, 2.24) is 10.3 Å². The van der Waals surface area contributed by atoms with Crippen molar-refractivity contribution in [1.29, 1.82) is 0 Å². The molecule has 1 aromatic heterocycles. The number of hydrogen-bond acceptors (Lipinski definition) is 4. The maximum absolute atomic E-state index is 12.8. The van der Waals surface area contributed by atoms with Gasteiger partial charge in [-0.05, 0) is 19.3 Å². The maximum atomic E-state index is 12.8. The van der Waals surface area contributed by atoms with Gasteiger partial charge in [0.1, 0.15) is 5.76 Å². The Morgan fingerprint density at radius 3 is 2.95 bits per heavy atom. The van der Waals surface area contributed by atoms with Gasteiger partial charge in [0.2, 0.25) is 5.89 Å². The van der Waals surface area contributed by atoms with Gasteiger partial charge >= 0.3 is 6.18 Å². The van der Waals surface area contributed by atoms with Crippen LogP contribution in [0.1, 0.15) is 43.3 Å². The van der Waals surface area contributed by atoms with Crippen LogP contribution in [-0.4, -0.2) is 31.4 Å². The Kier molecular flexibility index (Phi) is 5.64. The molecule has 2 unspecified atom stereocenters. The predicted molar refractivity (Wildman–Crippen MR) is 70.8 cm³/mol. The number of rotatable bonds is 6. The van der Waals surface area contributed by atoms with E-state index >= 15 is 0 Å². The van der Waals surface area contributed by atoms with Crippen molar-refractivity contribution >= 4 is 0 Å². The number of halogens is 3. The van der Waals surface area contributed by atoms with Gasteiger partial charge in [-0.25, -0.2) is 4.98 Å². The molecule has 7 heteroatoms. The highest BCUT2D eigenvalue weighted by Crippen LogP contribution is 2.43. The van der Waals surface area contributed by atoms with E-state index in [1.165, 1.54) is 0 Å². The van der Waals surface area contributed by atoms with Gasteiger partial charge in [-0.1, -0.05) is 6.42 Å². The van der Waals surface area contributed by atoms with Gasteiger partial charge in [0.25, 0.3) is 0 Å². The molecule has 0 aliphatic heterocycles. The van der Waals surface area contributed by atoms with E-state index in [1.807, 2.05) is 0 Å². The summed E-state index contributed by atoms with van der Waals surface area (Å²) in [4.78, 5) is 4.13. The van der Waals surface area contributed by atoms with E-state index in [2.05, 4.69) is 10.3 Å². The first kappa shape index (κ1) is 16.3. The van der Waals surface area contributed by atoms with Crippen molar-refractivity contribution < 1.29 is 22.3 Å². The number of nitrogens with one attached hydrogen (secondary N) is 1. The summed E-state index contributed by atoms with van der Waals surface area (Å²) < 4.78 is 48.9. The Labute approximate surface area is 122 Å². The van der Waals surface area contributed by atoms with Crippen molar-refractivity contribution in [2.45, 2.75) is 44.3 Å².